The van der Waals surface area contributed by atoms with Crippen molar-refractivity contribution >= 4 is 11.7 Å². The summed E-state index contributed by atoms with van der Waals surface area (Å²) in [5.74, 6) is 0.704. The van der Waals surface area contributed by atoms with Crippen LogP contribution < -0.4 is 10.1 Å². The van der Waals surface area contributed by atoms with Crippen LogP contribution >= 0.6 is 0 Å². The minimum absolute atomic E-state index is 0.192. The molecule has 1 aliphatic rings. The number of hydrogen-bond acceptors (Lipinski definition) is 3. The van der Waals surface area contributed by atoms with E-state index in [0.717, 1.165) is 5.56 Å². The first-order valence-corrected chi connectivity index (χ1v) is 8.12. The number of amides is 2. The van der Waals surface area contributed by atoms with Gasteiger partial charge >= 0.3 is 6.03 Å². The molecule has 3 rings (SSSR count). The molecule has 1 atom stereocenters. The molecule has 2 aromatic rings. The molecule has 0 saturated carbocycles. The normalized spacial score (nSPS) is 16.9. The maximum Gasteiger partial charge on any atom is 0.321 e. The Balaban J connectivity index is 1.58. The van der Waals surface area contributed by atoms with Crippen LogP contribution in [0.25, 0.3) is 0 Å². The lowest BCUT2D eigenvalue weighted by atomic mass is 10.1. The Kier molecular flexibility index (Phi) is 5.01. The maximum atomic E-state index is 12.2. The number of benzene rings is 2. The Morgan fingerprint density at radius 3 is 2.88 bits per heavy atom. The number of likely N-dealkylation sites (tertiary alicyclic amines) is 1. The van der Waals surface area contributed by atoms with Gasteiger partial charge in [-0.2, -0.15) is 0 Å². The number of nitrogens with zero attached hydrogens (tertiary/aromatic N) is 1. The van der Waals surface area contributed by atoms with E-state index >= 15 is 0 Å². The van der Waals surface area contributed by atoms with Gasteiger partial charge in [0.1, 0.15) is 12.4 Å². The summed E-state index contributed by atoms with van der Waals surface area (Å²) >= 11 is 0. The van der Waals surface area contributed by atoms with E-state index < -0.39 is 6.10 Å². The summed E-state index contributed by atoms with van der Waals surface area (Å²) in [6, 6.07) is 15.3. The van der Waals surface area contributed by atoms with Gasteiger partial charge < -0.3 is 20.1 Å². The number of ether oxygens (including phenoxy) is 1. The second-order valence-electron chi connectivity index (χ2n) is 6.12. The van der Waals surface area contributed by atoms with Crippen molar-refractivity contribution in [2.24, 2.45) is 0 Å². The van der Waals surface area contributed by atoms with Gasteiger partial charge in [0, 0.05) is 24.8 Å². The standard InChI is InChI=1S/C19H22N2O3/c1-14-4-2-5-15(10-14)13-24-18-7-3-6-16(11-18)20-19(23)21-9-8-17(22)12-21/h2-7,10-11,17,22H,8-9,12-13H2,1H3,(H,20,23)/t17-/m1/s1. The van der Waals surface area contributed by atoms with Crippen molar-refractivity contribution in [1.82, 2.24) is 4.90 Å². The van der Waals surface area contributed by atoms with E-state index in [4.69, 9.17) is 4.74 Å². The second-order valence-corrected chi connectivity index (χ2v) is 6.12. The van der Waals surface area contributed by atoms with Crippen LogP contribution in [-0.4, -0.2) is 35.2 Å². The first kappa shape index (κ1) is 16.3. The number of nitrogens with one attached hydrogen (secondary N) is 1. The first-order valence-electron chi connectivity index (χ1n) is 8.12. The summed E-state index contributed by atoms with van der Waals surface area (Å²) in [5.41, 5.74) is 2.99. The molecule has 0 radical (unpaired) electrons. The first-order chi connectivity index (χ1) is 11.6. The summed E-state index contributed by atoms with van der Waals surface area (Å²) in [7, 11) is 0. The van der Waals surface area contributed by atoms with E-state index in [0.29, 0.717) is 37.6 Å². The molecule has 0 aromatic heterocycles. The molecule has 1 saturated heterocycles. The Hall–Kier alpha value is -2.53. The summed E-state index contributed by atoms with van der Waals surface area (Å²) in [5, 5.41) is 12.4. The van der Waals surface area contributed by atoms with Crippen molar-refractivity contribution < 1.29 is 14.6 Å². The third-order valence-corrected chi connectivity index (χ3v) is 4.02. The molecule has 1 aliphatic heterocycles. The van der Waals surface area contributed by atoms with Gasteiger partial charge in [-0.25, -0.2) is 4.79 Å². The molecule has 5 nitrogen and oxygen atoms in total. The van der Waals surface area contributed by atoms with E-state index in [-0.39, 0.29) is 6.03 Å². The van der Waals surface area contributed by atoms with E-state index in [1.165, 1.54) is 5.56 Å². The van der Waals surface area contributed by atoms with Crippen molar-refractivity contribution in [3.8, 4) is 5.75 Å². The number of aliphatic hydroxyl groups excluding tert-OH is 1. The SMILES string of the molecule is Cc1cccc(COc2cccc(NC(=O)N3CC[C@@H](O)C3)c2)c1. The van der Waals surface area contributed by atoms with E-state index in [1.54, 1.807) is 11.0 Å². The molecule has 1 heterocycles. The van der Waals surface area contributed by atoms with Crippen LogP contribution in [0.5, 0.6) is 5.75 Å². The number of anilines is 1. The number of aliphatic hydroxyl groups is 1. The highest BCUT2D eigenvalue weighted by molar-refractivity contribution is 5.89. The van der Waals surface area contributed by atoms with Gasteiger partial charge in [0.05, 0.1) is 6.10 Å². The number of hydrogen-bond donors (Lipinski definition) is 2. The van der Waals surface area contributed by atoms with Gasteiger partial charge in [-0.15, -0.1) is 0 Å². The van der Waals surface area contributed by atoms with Gasteiger partial charge in [0.15, 0.2) is 0 Å². The van der Waals surface area contributed by atoms with Gasteiger partial charge in [0.25, 0.3) is 0 Å². The molecule has 126 valence electrons. The predicted octanol–water partition coefficient (Wildman–Crippen LogP) is 3.17. The lowest BCUT2D eigenvalue weighted by Gasteiger charge is -2.17. The third-order valence-electron chi connectivity index (χ3n) is 4.02. The van der Waals surface area contributed by atoms with Gasteiger partial charge in [-0.1, -0.05) is 35.9 Å². The summed E-state index contributed by atoms with van der Waals surface area (Å²) in [6.45, 7) is 3.50. The fourth-order valence-corrected chi connectivity index (χ4v) is 2.76. The Bertz CT molecular complexity index is 717. The van der Waals surface area contributed by atoms with Crippen molar-refractivity contribution in [1.29, 1.82) is 0 Å². The fourth-order valence-electron chi connectivity index (χ4n) is 2.76. The van der Waals surface area contributed by atoms with E-state index in [9.17, 15) is 9.90 Å². The number of carbonyl (C=O) groups is 1. The number of carbonyl (C=O) groups excluding carboxylic acids is 1. The molecule has 5 heteroatoms. The zero-order valence-corrected chi connectivity index (χ0v) is 13.7. The smallest absolute Gasteiger partial charge is 0.321 e. The molecular weight excluding hydrogens is 304 g/mol. The van der Waals surface area contributed by atoms with E-state index in [2.05, 4.69) is 24.4 Å². The number of β-amino-alcohol motifs (C(OH)–C–C–N with tert-alkyl or cyclic N) is 1. The van der Waals surface area contributed by atoms with Crippen LogP contribution in [0.15, 0.2) is 48.5 Å². The largest absolute Gasteiger partial charge is 0.489 e. The predicted molar refractivity (Wildman–Crippen MR) is 93.2 cm³/mol. The minimum atomic E-state index is -0.417. The van der Waals surface area contributed by atoms with Crippen LogP contribution in [0.4, 0.5) is 10.5 Å². The molecule has 0 bridgehead atoms. The zero-order chi connectivity index (χ0) is 16.9. The third kappa shape index (κ3) is 4.26. The molecule has 2 aromatic carbocycles. The fraction of sp³-hybridized carbons (Fsp3) is 0.316. The zero-order valence-electron chi connectivity index (χ0n) is 13.7. The highest BCUT2D eigenvalue weighted by Crippen LogP contribution is 2.20. The highest BCUT2D eigenvalue weighted by atomic mass is 16.5. The van der Waals surface area contributed by atoms with Crippen molar-refractivity contribution in [3.63, 3.8) is 0 Å². The average molecular weight is 326 g/mol. The molecule has 2 N–H and O–H groups in total. The Morgan fingerprint density at radius 1 is 1.29 bits per heavy atom. The molecule has 2 amide bonds. The van der Waals surface area contributed by atoms with Crippen LogP contribution in [0.1, 0.15) is 17.5 Å². The lowest BCUT2D eigenvalue weighted by molar-refractivity contribution is 0.176. The number of aryl methyl sites for hydroxylation is 1. The molecule has 0 unspecified atom stereocenters. The molecule has 1 fully saturated rings. The number of urea groups is 1. The van der Waals surface area contributed by atoms with Gasteiger partial charge in [-0.05, 0) is 31.0 Å². The molecular formula is C19H22N2O3. The van der Waals surface area contributed by atoms with Gasteiger partial charge in [0.2, 0.25) is 0 Å². The van der Waals surface area contributed by atoms with Crippen LogP contribution in [-0.2, 0) is 6.61 Å². The maximum absolute atomic E-state index is 12.2. The summed E-state index contributed by atoms with van der Waals surface area (Å²) in [4.78, 5) is 13.8. The summed E-state index contributed by atoms with van der Waals surface area (Å²) < 4.78 is 5.81. The van der Waals surface area contributed by atoms with Crippen molar-refractivity contribution in [2.75, 3.05) is 18.4 Å². The van der Waals surface area contributed by atoms with Gasteiger partial charge in [-0.3, -0.25) is 0 Å². The van der Waals surface area contributed by atoms with Crippen molar-refractivity contribution in [3.05, 3.63) is 59.7 Å². The Labute approximate surface area is 141 Å². The minimum Gasteiger partial charge on any atom is -0.489 e. The topological polar surface area (TPSA) is 61.8 Å². The second kappa shape index (κ2) is 7.36. The molecule has 0 aliphatic carbocycles. The van der Waals surface area contributed by atoms with Crippen molar-refractivity contribution in [2.45, 2.75) is 26.1 Å². The summed E-state index contributed by atoms with van der Waals surface area (Å²) in [6.07, 6.45) is 0.215. The van der Waals surface area contributed by atoms with Crippen LogP contribution in [0.3, 0.4) is 0 Å². The van der Waals surface area contributed by atoms with Crippen LogP contribution in [0, 0.1) is 6.92 Å². The quantitative estimate of drug-likeness (QED) is 0.907. The number of rotatable bonds is 4. The molecule has 0 spiro atoms. The van der Waals surface area contributed by atoms with E-state index in [1.807, 2.05) is 30.3 Å². The highest BCUT2D eigenvalue weighted by Gasteiger charge is 2.24. The molecule has 24 heavy (non-hydrogen) atoms. The monoisotopic (exact) mass is 326 g/mol. The Morgan fingerprint density at radius 2 is 2.12 bits per heavy atom. The lowest BCUT2D eigenvalue weighted by Crippen LogP contribution is -2.33. The van der Waals surface area contributed by atoms with Crippen LogP contribution in [0.2, 0.25) is 0 Å². The average Bonchev–Trinajstić information content (AvgIpc) is 3.00.